The second-order valence-corrected chi connectivity index (χ2v) is 7.58. The van der Waals surface area contributed by atoms with Gasteiger partial charge < -0.3 is 14.4 Å². The third-order valence-electron chi connectivity index (χ3n) is 5.30. The Balaban J connectivity index is 1.79. The van der Waals surface area contributed by atoms with Crippen molar-refractivity contribution in [2.75, 3.05) is 25.7 Å². The average molecular weight is 445 g/mol. The first-order valence-corrected chi connectivity index (χ1v) is 10.4. The van der Waals surface area contributed by atoms with Crippen LogP contribution in [0.3, 0.4) is 0 Å². The van der Waals surface area contributed by atoms with Crippen molar-refractivity contribution in [3.8, 4) is 11.5 Å². The van der Waals surface area contributed by atoms with Gasteiger partial charge in [-0.15, -0.1) is 0 Å². The number of imide groups is 1. The number of rotatable bonds is 8. The number of hydrogen-bond acceptors (Lipinski definition) is 5. The number of halogens is 1. The SMILES string of the molecule is CCC(=O)N(CCc1ccc(OC)c(OC)c1)[C@H]1CC(=O)N(c2ccc(Cl)cc2)C1=O. The molecule has 0 aliphatic carbocycles. The summed E-state index contributed by atoms with van der Waals surface area (Å²) < 4.78 is 10.6. The average Bonchev–Trinajstić information content (AvgIpc) is 3.07. The Bertz CT molecular complexity index is 976. The number of amides is 3. The van der Waals surface area contributed by atoms with Gasteiger partial charge in [0.05, 0.1) is 26.3 Å². The lowest BCUT2D eigenvalue weighted by atomic mass is 10.1. The molecule has 0 spiro atoms. The van der Waals surface area contributed by atoms with Crippen molar-refractivity contribution < 1.29 is 23.9 Å². The number of carbonyl (C=O) groups excluding carboxylic acids is 3. The molecule has 0 radical (unpaired) electrons. The van der Waals surface area contributed by atoms with E-state index in [9.17, 15) is 14.4 Å². The predicted octanol–water partition coefficient (Wildman–Crippen LogP) is 3.47. The van der Waals surface area contributed by atoms with Crippen molar-refractivity contribution in [1.82, 2.24) is 4.90 Å². The fourth-order valence-corrected chi connectivity index (χ4v) is 3.79. The lowest BCUT2D eigenvalue weighted by Gasteiger charge is -2.27. The van der Waals surface area contributed by atoms with Crippen LogP contribution in [0.25, 0.3) is 0 Å². The highest BCUT2D eigenvalue weighted by Crippen LogP contribution is 2.29. The first-order valence-electron chi connectivity index (χ1n) is 10.0. The fourth-order valence-electron chi connectivity index (χ4n) is 3.66. The Kier molecular flexibility index (Phi) is 7.17. The van der Waals surface area contributed by atoms with Gasteiger partial charge in [-0.3, -0.25) is 14.4 Å². The highest BCUT2D eigenvalue weighted by molar-refractivity contribution is 6.30. The molecule has 8 heteroatoms. The Hall–Kier alpha value is -3.06. The zero-order valence-electron chi connectivity index (χ0n) is 17.8. The van der Waals surface area contributed by atoms with Gasteiger partial charge in [-0.2, -0.15) is 0 Å². The molecule has 0 bridgehead atoms. The minimum atomic E-state index is -0.823. The van der Waals surface area contributed by atoms with E-state index in [1.165, 1.54) is 4.90 Å². The van der Waals surface area contributed by atoms with Gasteiger partial charge >= 0.3 is 0 Å². The number of ether oxygens (including phenoxy) is 2. The molecule has 1 fully saturated rings. The molecule has 1 atom stereocenters. The molecule has 31 heavy (non-hydrogen) atoms. The first kappa shape index (κ1) is 22.6. The van der Waals surface area contributed by atoms with E-state index in [4.69, 9.17) is 21.1 Å². The van der Waals surface area contributed by atoms with E-state index in [1.54, 1.807) is 51.5 Å². The largest absolute Gasteiger partial charge is 0.493 e. The van der Waals surface area contributed by atoms with Crippen LogP contribution < -0.4 is 14.4 Å². The van der Waals surface area contributed by atoms with Gasteiger partial charge in [0.25, 0.3) is 5.91 Å². The molecule has 2 aromatic carbocycles. The standard InChI is InChI=1S/C23H25ClN2O5/c1-4-21(27)25(12-11-15-5-10-19(30-2)20(13-15)31-3)18-14-22(28)26(23(18)29)17-8-6-16(24)7-9-17/h5-10,13,18H,4,11-12,14H2,1-3H3/t18-/m0/s1. The number of methoxy groups -OCH3 is 2. The zero-order chi connectivity index (χ0) is 22.5. The Morgan fingerprint density at radius 3 is 2.39 bits per heavy atom. The quantitative estimate of drug-likeness (QED) is 0.583. The van der Waals surface area contributed by atoms with Crippen LogP contribution >= 0.6 is 11.6 Å². The van der Waals surface area contributed by atoms with Crippen molar-refractivity contribution in [2.45, 2.75) is 32.2 Å². The van der Waals surface area contributed by atoms with Crippen molar-refractivity contribution in [2.24, 2.45) is 0 Å². The van der Waals surface area contributed by atoms with E-state index in [-0.39, 0.29) is 24.7 Å². The molecule has 0 N–H and O–H groups in total. The van der Waals surface area contributed by atoms with Crippen LogP contribution in [0.4, 0.5) is 5.69 Å². The molecule has 0 unspecified atom stereocenters. The molecule has 1 heterocycles. The molecule has 1 saturated heterocycles. The maximum atomic E-state index is 13.1. The number of anilines is 1. The minimum Gasteiger partial charge on any atom is -0.493 e. The van der Waals surface area contributed by atoms with E-state index in [2.05, 4.69) is 0 Å². The molecule has 1 aliphatic rings. The van der Waals surface area contributed by atoms with Gasteiger partial charge in [0.15, 0.2) is 11.5 Å². The molecule has 0 saturated carbocycles. The highest BCUT2D eigenvalue weighted by Gasteiger charge is 2.43. The van der Waals surface area contributed by atoms with Gasteiger partial charge in [-0.05, 0) is 48.4 Å². The number of hydrogen-bond donors (Lipinski definition) is 0. The number of nitrogens with zero attached hydrogens (tertiary/aromatic N) is 2. The molecule has 0 aromatic heterocycles. The Labute approximate surface area is 186 Å². The van der Waals surface area contributed by atoms with Crippen LogP contribution in [0, 0.1) is 0 Å². The summed E-state index contributed by atoms with van der Waals surface area (Å²) in [6.07, 6.45) is 0.703. The summed E-state index contributed by atoms with van der Waals surface area (Å²) in [5.74, 6) is 0.292. The van der Waals surface area contributed by atoms with Crippen LogP contribution in [0.2, 0.25) is 5.02 Å². The molecular weight excluding hydrogens is 420 g/mol. The highest BCUT2D eigenvalue weighted by atomic mass is 35.5. The summed E-state index contributed by atoms with van der Waals surface area (Å²) >= 11 is 5.91. The zero-order valence-corrected chi connectivity index (χ0v) is 18.5. The van der Waals surface area contributed by atoms with E-state index in [1.807, 2.05) is 12.1 Å². The van der Waals surface area contributed by atoms with E-state index < -0.39 is 11.9 Å². The molecule has 3 rings (SSSR count). The summed E-state index contributed by atoms with van der Waals surface area (Å²) in [6.45, 7) is 2.05. The van der Waals surface area contributed by atoms with Gasteiger partial charge in [0.1, 0.15) is 6.04 Å². The summed E-state index contributed by atoms with van der Waals surface area (Å²) in [7, 11) is 3.12. The Morgan fingerprint density at radius 1 is 1.10 bits per heavy atom. The molecule has 2 aromatic rings. The van der Waals surface area contributed by atoms with E-state index in [0.29, 0.717) is 35.2 Å². The maximum Gasteiger partial charge on any atom is 0.257 e. The van der Waals surface area contributed by atoms with E-state index >= 15 is 0 Å². The maximum absolute atomic E-state index is 13.1. The van der Waals surface area contributed by atoms with Crippen LogP contribution in [0.15, 0.2) is 42.5 Å². The summed E-state index contributed by atoms with van der Waals surface area (Å²) in [6, 6.07) is 11.2. The summed E-state index contributed by atoms with van der Waals surface area (Å²) in [5, 5.41) is 0.511. The van der Waals surface area contributed by atoms with Gasteiger partial charge in [0, 0.05) is 18.0 Å². The van der Waals surface area contributed by atoms with Crippen molar-refractivity contribution in [3.05, 3.63) is 53.1 Å². The predicted molar refractivity (Wildman–Crippen MR) is 118 cm³/mol. The second-order valence-electron chi connectivity index (χ2n) is 7.14. The monoisotopic (exact) mass is 444 g/mol. The van der Waals surface area contributed by atoms with Gasteiger partial charge in [-0.25, -0.2) is 4.90 Å². The van der Waals surface area contributed by atoms with Crippen molar-refractivity contribution >= 4 is 35.0 Å². The molecule has 164 valence electrons. The van der Waals surface area contributed by atoms with Crippen LogP contribution in [-0.2, 0) is 20.8 Å². The van der Waals surface area contributed by atoms with Gasteiger partial charge in [-0.1, -0.05) is 24.6 Å². The minimum absolute atomic E-state index is 0.0425. The van der Waals surface area contributed by atoms with E-state index in [0.717, 1.165) is 10.5 Å². The summed E-state index contributed by atoms with van der Waals surface area (Å²) in [5.41, 5.74) is 1.38. The third-order valence-corrected chi connectivity index (χ3v) is 5.55. The topological polar surface area (TPSA) is 76.2 Å². The molecule has 1 aliphatic heterocycles. The molecule has 7 nitrogen and oxygen atoms in total. The fraction of sp³-hybridized carbons (Fsp3) is 0.348. The van der Waals surface area contributed by atoms with Crippen molar-refractivity contribution in [3.63, 3.8) is 0 Å². The van der Waals surface area contributed by atoms with Crippen LogP contribution in [-0.4, -0.2) is 49.4 Å². The first-order chi connectivity index (χ1) is 14.9. The van der Waals surface area contributed by atoms with Crippen molar-refractivity contribution in [1.29, 1.82) is 0 Å². The van der Waals surface area contributed by atoms with Crippen LogP contribution in [0.5, 0.6) is 11.5 Å². The third kappa shape index (κ3) is 4.82. The Morgan fingerprint density at radius 2 is 1.77 bits per heavy atom. The smallest absolute Gasteiger partial charge is 0.257 e. The lowest BCUT2D eigenvalue weighted by molar-refractivity contribution is -0.138. The summed E-state index contributed by atoms with van der Waals surface area (Å²) in [4.78, 5) is 41.0. The van der Waals surface area contributed by atoms with Crippen LogP contribution in [0.1, 0.15) is 25.3 Å². The number of carbonyl (C=O) groups is 3. The molecule has 3 amide bonds. The normalized spacial score (nSPS) is 15.9. The second kappa shape index (κ2) is 9.83. The lowest BCUT2D eigenvalue weighted by Crippen LogP contribution is -2.46. The van der Waals surface area contributed by atoms with Gasteiger partial charge in [0.2, 0.25) is 11.8 Å². The molecular formula is C23H25ClN2O5. The number of benzene rings is 2.